The van der Waals surface area contributed by atoms with Crippen LogP contribution in [-0.4, -0.2) is 41.8 Å². The number of carboxylic acids is 1. The zero-order chi connectivity index (χ0) is 25.2. The Balaban J connectivity index is 1.60. The number of carbonyl (C=O) groups excluding carboxylic acids is 1. The van der Waals surface area contributed by atoms with E-state index in [1.54, 1.807) is 36.4 Å². The molecule has 3 aromatic carbocycles. The van der Waals surface area contributed by atoms with E-state index in [-0.39, 0.29) is 28.4 Å². The zero-order valence-corrected chi connectivity index (χ0v) is 18.6. The van der Waals surface area contributed by atoms with Gasteiger partial charge in [-0.05, 0) is 48.0 Å². The lowest BCUT2D eigenvalue weighted by Gasteiger charge is -2.07. The monoisotopic (exact) mass is 501 g/mol. The van der Waals surface area contributed by atoms with Gasteiger partial charge in [0.25, 0.3) is 15.9 Å². The molecule has 0 aliphatic carbocycles. The Bertz CT molecular complexity index is 1500. The molecule has 12 heteroatoms. The number of carboxylic acid groups (broad SMARTS) is 1. The Morgan fingerprint density at radius 1 is 1.00 bits per heavy atom. The number of hydrogen-bond acceptors (Lipinski definition) is 6. The highest BCUT2D eigenvalue weighted by Gasteiger charge is 2.24. The van der Waals surface area contributed by atoms with E-state index in [4.69, 9.17) is 5.11 Å². The molecule has 0 spiro atoms. The molecule has 0 saturated carbocycles. The molecule has 35 heavy (non-hydrogen) atoms. The lowest BCUT2D eigenvalue weighted by molar-refractivity contribution is -0.0498. The number of nitrogens with one attached hydrogen (secondary N) is 1. The first-order chi connectivity index (χ1) is 16.6. The smallest absolute Gasteiger partial charge is 0.387 e. The van der Waals surface area contributed by atoms with Gasteiger partial charge in [0.1, 0.15) is 5.75 Å². The van der Waals surface area contributed by atoms with Crippen LogP contribution in [0.2, 0.25) is 0 Å². The number of hydrogen-bond donors (Lipinski definition) is 2. The van der Waals surface area contributed by atoms with Gasteiger partial charge in [-0.1, -0.05) is 30.3 Å². The minimum absolute atomic E-state index is 0.00395. The summed E-state index contributed by atoms with van der Waals surface area (Å²) in [5.74, 6) is -2.19. The van der Waals surface area contributed by atoms with Crippen LogP contribution in [0, 0.1) is 0 Å². The van der Waals surface area contributed by atoms with E-state index in [1.165, 1.54) is 16.8 Å². The van der Waals surface area contributed by atoms with Crippen molar-refractivity contribution in [2.45, 2.75) is 18.1 Å². The van der Waals surface area contributed by atoms with Crippen LogP contribution < -0.4 is 9.46 Å². The number of alkyl halides is 2. The fraction of sp³-hybridized carbons (Fsp3) is 0.0870. The van der Waals surface area contributed by atoms with Crippen molar-refractivity contribution in [3.05, 3.63) is 89.6 Å². The molecule has 0 unspecified atom stereocenters. The number of para-hydroxylation sites is 1. The van der Waals surface area contributed by atoms with Gasteiger partial charge >= 0.3 is 12.6 Å². The molecular weight excluding hydrogens is 484 g/mol. The van der Waals surface area contributed by atoms with Crippen LogP contribution in [0.4, 0.5) is 8.78 Å². The van der Waals surface area contributed by atoms with E-state index in [9.17, 15) is 26.8 Å². The number of benzene rings is 3. The third kappa shape index (κ3) is 5.27. The van der Waals surface area contributed by atoms with E-state index in [1.807, 2.05) is 4.72 Å². The summed E-state index contributed by atoms with van der Waals surface area (Å²) >= 11 is 0. The first kappa shape index (κ1) is 23.8. The van der Waals surface area contributed by atoms with Crippen molar-refractivity contribution < 1.29 is 36.6 Å². The molecule has 180 valence electrons. The number of fused-ring (bicyclic) bond motifs is 1. The van der Waals surface area contributed by atoms with E-state index in [0.29, 0.717) is 16.5 Å². The first-order valence-corrected chi connectivity index (χ1v) is 11.5. The molecule has 0 bridgehead atoms. The van der Waals surface area contributed by atoms with Crippen molar-refractivity contribution in [1.29, 1.82) is 0 Å². The maximum Gasteiger partial charge on any atom is 0.387 e. The largest absolute Gasteiger partial charge is 0.478 e. The molecule has 0 radical (unpaired) electrons. The van der Waals surface area contributed by atoms with Crippen LogP contribution >= 0.6 is 0 Å². The van der Waals surface area contributed by atoms with Gasteiger partial charge in [-0.15, -0.1) is 0 Å². The third-order valence-corrected chi connectivity index (χ3v) is 6.34. The lowest BCUT2D eigenvalue weighted by Crippen LogP contribution is -2.31. The summed E-state index contributed by atoms with van der Waals surface area (Å²) in [5, 5.41) is 13.6. The standard InChI is InChI=1S/C23H17F2N3O6S/c24-23(25)34-16-9-5-14(6-10-16)13-28-19-4-2-1-3-18(19)20(26-28)21(29)27-35(32,33)17-11-7-15(8-12-17)22(30)31/h1-12,23H,13H2,(H,27,29)(H,30,31). The number of nitrogens with zero attached hydrogens (tertiary/aromatic N) is 2. The number of rotatable bonds is 8. The minimum Gasteiger partial charge on any atom is -0.478 e. The number of halogens is 2. The van der Waals surface area contributed by atoms with Crippen LogP contribution in [0.15, 0.2) is 77.7 Å². The number of ether oxygens (including phenoxy) is 1. The second-order valence-electron chi connectivity index (χ2n) is 7.31. The fourth-order valence-electron chi connectivity index (χ4n) is 3.37. The summed E-state index contributed by atoms with van der Waals surface area (Å²) in [4.78, 5) is 23.6. The predicted octanol–water partition coefficient (Wildman–Crippen LogP) is 3.50. The number of amides is 1. The summed E-state index contributed by atoms with van der Waals surface area (Å²) in [6, 6.07) is 17.0. The molecule has 1 heterocycles. The van der Waals surface area contributed by atoms with Crippen LogP contribution in [0.25, 0.3) is 10.9 Å². The van der Waals surface area contributed by atoms with Gasteiger partial charge in [0.15, 0.2) is 5.69 Å². The number of aromatic nitrogens is 2. The van der Waals surface area contributed by atoms with Crippen LogP contribution in [0.1, 0.15) is 26.4 Å². The third-order valence-electron chi connectivity index (χ3n) is 4.99. The Kier molecular flexibility index (Phi) is 6.47. The number of aromatic carboxylic acids is 1. The van der Waals surface area contributed by atoms with E-state index >= 15 is 0 Å². The highest BCUT2D eigenvalue weighted by atomic mass is 32.2. The summed E-state index contributed by atoms with van der Waals surface area (Å²) in [6.07, 6.45) is 0. The van der Waals surface area contributed by atoms with E-state index in [2.05, 4.69) is 9.84 Å². The van der Waals surface area contributed by atoms with Crippen LogP contribution in [-0.2, 0) is 16.6 Å². The van der Waals surface area contributed by atoms with Gasteiger partial charge in [0, 0.05) is 5.39 Å². The predicted molar refractivity (Wildman–Crippen MR) is 120 cm³/mol. The normalized spacial score (nSPS) is 11.5. The van der Waals surface area contributed by atoms with Crippen molar-refractivity contribution >= 4 is 32.8 Å². The molecule has 0 atom stereocenters. The maximum absolute atomic E-state index is 12.9. The highest BCUT2D eigenvalue weighted by Crippen LogP contribution is 2.22. The van der Waals surface area contributed by atoms with Crippen molar-refractivity contribution in [1.82, 2.24) is 14.5 Å². The zero-order valence-electron chi connectivity index (χ0n) is 17.8. The van der Waals surface area contributed by atoms with Gasteiger partial charge in [-0.2, -0.15) is 13.9 Å². The molecule has 9 nitrogen and oxygen atoms in total. The van der Waals surface area contributed by atoms with Crippen molar-refractivity contribution in [2.75, 3.05) is 0 Å². The average Bonchev–Trinajstić information content (AvgIpc) is 3.18. The molecule has 1 amide bonds. The minimum atomic E-state index is -4.30. The second kappa shape index (κ2) is 9.50. The molecule has 0 aliphatic rings. The van der Waals surface area contributed by atoms with Gasteiger partial charge in [-0.3, -0.25) is 9.48 Å². The van der Waals surface area contributed by atoms with Crippen LogP contribution in [0.5, 0.6) is 5.75 Å². The molecule has 0 fully saturated rings. The van der Waals surface area contributed by atoms with Gasteiger partial charge in [0.05, 0.1) is 22.5 Å². The van der Waals surface area contributed by atoms with Crippen molar-refractivity contribution in [3.8, 4) is 5.75 Å². The number of carbonyl (C=O) groups is 2. The molecule has 2 N–H and O–H groups in total. The second-order valence-corrected chi connectivity index (χ2v) is 8.99. The van der Waals surface area contributed by atoms with Crippen molar-refractivity contribution in [2.24, 2.45) is 0 Å². The Morgan fingerprint density at radius 3 is 2.29 bits per heavy atom. The summed E-state index contributed by atoms with van der Waals surface area (Å²) in [7, 11) is -4.30. The van der Waals surface area contributed by atoms with E-state index in [0.717, 1.165) is 24.3 Å². The quantitative estimate of drug-likeness (QED) is 0.378. The summed E-state index contributed by atoms with van der Waals surface area (Å²) in [6.45, 7) is -2.77. The molecule has 0 saturated heterocycles. The average molecular weight is 501 g/mol. The lowest BCUT2D eigenvalue weighted by atomic mass is 10.2. The Hall–Kier alpha value is -4.32. The summed E-state index contributed by atoms with van der Waals surface area (Å²) < 4.78 is 57.8. The fourth-order valence-corrected chi connectivity index (χ4v) is 4.32. The van der Waals surface area contributed by atoms with Crippen molar-refractivity contribution in [3.63, 3.8) is 0 Å². The van der Waals surface area contributed by atoms with Gasteiger partial charge < -0.3 is 9.84 Å². The Labute approximate surface area is 197 Å². The van der Waals surface area contributed by atoms with Crippen LogP contribution in [0.3, 0.4) is 0 Å². The molecule has 0 aliphatic heterocycles. The molecular formula is C23H17F2N3O6S. The number of sulfonamides is 1. The Morgan fingerprint density at radius 2 is 1.66 bits per heavy atom. The molecule has 1 aromatic heterocycles. The molecule has 4 aromatic rings. The van der Waals surface area contributed by atoms with E-state index < -0.39 is 28.5 Å². The maximum atomic E-state index is 12.9. The summed E-state index contributed by atoms with van der Waals surface area (Å²) in [5.41, 5.74) is 0.990. The molecule has 4 rings (SSSR count). The highest BCUT2D eigenvalue weighted by molar-refractivity contribution is 7.90. The topological polar surface area (TPSA) is 128 Å². The first-order valence-electron chi connectivity index (χ1n) is 10.0. The van der Waals surface area contributed by atoms with Gasteiger partial charge in [-0.25, -0.2) is 17.9 Å². The SMILES string of the molecule is O=C(O)c1ccc(S(=O)(=O)NC(=O)c2nn(Cc3ccc(OC(F)F)cc3)c3ccccc23)cc1. The van der Waals surface area contributed by atoms with Gasteiger partial charge in [0.2, 0.25) is 0 Å².